The lowest BCUT2D eigenvalue weighted by Crippen LogP contribution is -2.36. The number of benzene rings is 1. The number of nitrogens with one attached hydrogen (secondary N) is 1. The highest BCUT2D eigenvalue weighted by atomic mass is 32.1. The van der Waals surface area contributed by atoms with Crippen molar-refractivity contribution in [2.75, 3.05) is 36.5 Å². The predicted molar refractivity (Wildman–Crippen MR) is 114 cm³/mol. The molecule has 3 aromatic rings. The van der Waals surface area contributed by atoms with Crippen LogP contribution >= 0.6 is 11.3 Å². The Hall–Kier alpha value is -3.76. The third-order valence-corrected chi connectivity index (χ3v) is 4.96. The largest absolute Gasteiger partial charge is 0.490 e. The molecule has 2 N–H and O–H groups in total. The summed E-state index contributed by atoms with van der Waals surface area (Å²) < 4.78 is 37.2. The van der Waals surface area contributed by atoms with Crippen molar-refractivity contribution in [1.29, 1.82) is 5.26 Å². The van der Waals surface area contributed by atoms with Crippen LogP contribution < -0.4 is 10.2 Å². The highest BCUT2D eigenvalue weighted by molar-refractivity contribution is 7.13. The van der Waals surface area contributed by atoms with Gasteiger partial charge in [-0.15, -0.1) is 11.3 Å². The van der Waals surface area contributed by atoms with Crippen LogP contribution in [0.3, 0.4) is 0 Å². The van der Waals surface area contributed by atoms with Crippen LogP contribution in [0.4, 0.5) is 29.9 Å². The van der Waals surface area contributed by atoms with Gasteiger partial charge in [0.05, 0.1) is 30.5 Å². The predicted octanol–water partition coefficient (Wildman–Crippen LogP) is 3.69. The quantitative estimate of drug-likeness (QED) is 0.578. The van der Waals surface area contributed by atoms with Gasteiger partial charge < -0.3 is 20.1 Å². The number of anilines is 3. The number of halogens is 3. The van der Waals surface area contributed by atoms with E-state index in [0.29, 0.717) is 24.7 Å². The second kappa shape index (κ2) is 10.7. The Morgan fingerprint density at radius 1 is 1.21 bits per heavy atom. The van der Waals surface area contributed by atoms with Gasteiger partial charge in [0.2, 0.25) is 5.95 Å². The number of carboxylic acid groups (broad SMARTS) is 1. The maximum absolute atomic E-state index is 10.6. The molecule has 172 valence electrons. The molecule has 0 unspecified atom stereocenters. The lowest BCUT2D eigenvalue weighted by Gasteiger charge is -2.29. The number of nitriles is 1. The van der Waals surface area contributed by atoms with E-state index < -0.39 is 12.1 Å². The molecule has 0 amide bonds. The van der Waals surface area contributed by atoms with Crippen molar-refractivity contribution in [3.8, 4) is 17.3 Å². The van der Waals surface area contributed by atoms with E-state index >= 15 is 0 Å². The van der Waals surface area contributed by atoms with Crippen molar-refractivity contribution in [3.05, 3.63) is 47.6 Å². The smallest absolute Gasteiger partial charge is 0.475 e. The Kier molecular flexibility index (Phi) is 7.75. The molecule has 33 heavy (non-hydrogen) atoms. The first-order chi connectivity index (χ1) is 15.8. The van der Waals surface area contributed by atoms with Gasteiger partial charge in [-0.1, -0.05) is 0 Å². The molecule has 1 saturated heterocycles. The van der Waals surface area contributed by atoms with Crippen LogP contribution in [0.2, 0.25) is 0 Å². The topological polar surface area (TPSA) is 124 Å². The SMILES string of the molecule is N#Cc1cc(-c2ccnc(Nc3nccs3)n2)cc(N2CCOCC2)c1.O=C(O)C(F)(F)F. The molecule has 0 saturated carbocycles. The summed E-state index contributed by atoms with van der Waals surface area (Å²) in [6.07, 6.45) is -1.66. The highest BCUT2D eigenvalue weighted by Crippen LogP contribution is 2.27. The Morgan fingerprint density at radius 2 is 1.94 bits per heavy atom. The molecule has 0 spiro atoms. The number of carboxylic acids is 1. The average Bonchev–Trinajstić information content (AvgIpc) is 3.32. The number of thiazole rings is 1. The maximum Gasteiger partial charge on any atom is 0.490 e. The summed E-state index contributed by atoms with van der Waals surface area (Å²) in [4.78, 5) is 24.1. The zero-order valence-corrected chi connectivity index (χ0v) is 17.7. The monoisotopic (exact) mass is 478 g/mol. The number of alkyl halides is 3. The minimum Gasteiger partial charge on any atom is -0.475 e. The molecular formula is C20H17F3N6O3S. The van der Waals surface area contributed by atoms with Crippen molar-refractivity contribution < 1.29 is 27.8 Å². The molecule has 1 aliphatic rings. The van der Waals surface area contributed by atoms with Gasteiger partial charge in [0.25, 0.3) is 0 Å². The van der Waals surface area contributed by atoms with Crippen LogP contribution in [0.1, 0.15) is 5.56 Å². The number of nitrogens with zero attached hydrogens (tertiary/aromatic N) is 5. The van der Waals surface area contributed by atoms with E-state index in [1.807, 2.05) is 23.6 Å². The molecule has 0 radical (unpaired) electrons. The second-order valence-corrected chi connectivity index (χ2v) is 7.41. The molecule has 0 atom stereocenters. The van der Waals surface area contributed by atoms with Gasteiger partial charge in [0.15, 0.2) is 5.13 Å². The van der Waals surface area contributed by atoms with E-state index in [-0.39, 0.29) is 0 Å². The van der Waals surface area contributed by atoms with Crippen LogP contribution in [-0.4, -0.2) is 58.5 Å². The van der Waals surface area contributed by atoms with Crippen LogP contribution in [-0.2, 0) is 9.53 Å². The van der Waals surface area contributed by atoms with Gasteiger partial charge in [-0.25, -0.2) is 19.7 Å². The number of carbonyl (C=O) groups is 1. The standard InChI is InChI=1S/C18H16N6OS.C2HF3O2/c19-12-13-9-14(11-15(10-13)24-4-6-25-7-5-24)16-1-2-20-17(22-16)23-18-21-3-8-26-18;3-2(4,5)1(6)7/h1-3,8-11H,4-7H2,(H,20,21,22,23);(H,6,7). The van der Waals surface area contributed by atoms with Crippen LogP contribution in [0, 0.1) is 11.3 Å². The fourth-order valence-electron chi connectivity index (χ4n) is 2.79. The van der Waals surface area contributed by atoms with Crippen molar-refractivity contribution in [1.82, 2.24) is 15.0 Å². The van der Waals surface area contributed by atoms with Gasteiger partial charge in [-0.2, -0.15) is 18.4 Å². The number of rotatable bonds is 4. The van der Waals surface area contributed by atoms with E-state index in [2.05, 4.69) is 37.3 Å². The number of morpholine rings is 1. The lowest BCUT2D eigenvalue weighted by molar-refractivity contribution is -0.192. The fraction of sp³-hybridized carbons (Fsp3) is 0.250. The van der Waals surface area contributed by atoms with Gasteiger partial charge >= 0.3 is 12.1 Å². The first kappa shape index (κ1) is 23.9. The minimum atomic E-state index is -5.08. The van der Waals surface area contributed by atoms with E-state index in [4.69, 9.17) is 14.6 Å². The molecule has 13 heteroatoms. The van der Waals surface area contributed by atoms with Gasteiger partial charge in [-0.3, -0.25) is 0 Å². The fourth-order valence-corrected chi connectivity index (χ4v) is 3.31. The summed E-state index contributed by atoms with van der Waals surface area (Å²) in [6, 6.07) is 9.89. The molecule has 9 nitrogen and oxygen atoms in total. The van der Waals surface area contributed by atoms with Crippen LogP contribution in [0.15, 0.2) is 42.0 Å². The Bertz CT molecular complexity index is 1130. The van der Waals surface area contributed by atoms with Gasteiger partial charge in [-0.05, 0) is 24.3 Å². The van der Waals surface area contributed by atoms with Crippen molar-refractivity contribution in [2.45, 2.75) is 6.18 Å². The summed E-state index contributed by atoms with van der Waals surface area (Å²) in [7, 11) is 0. The number of aliphatic carboxylic acids is 1. The molecule has 4 rings (SSSR count). The first-order valence-corrected chi connectivity index (χ1v) is 10.3. The van der Waals surface area contributed by atoms with E-state index in [1.54, 1.807) is 12.4 Å². The van der Waals surface area contributed by atoms with E-state index in [0.717, 1.165) is 35.2 Å². The second-order valence-electron chi connectivity index (χ2n) is 6.51. The Balaban J connectivity index is 0.000000383. The molecule has 1 fully saturated rings. The van der Waals surface area contributed by atoms with Crippen LogP contribution in [0.25, 0.3) is 11.3 Å². The molecule has 0 bridgehead atoms. The summed E-state index contributed by atoms with van der Waals surface area (Å²) >= 11 is 1.48. The normalized spacial score (nSPS) is 13.5. The van der Waals surface area contributed by atoms with Crippen molar-refractivity contribution in [3.63, 3.8) is 0 Å². The Morgan fingerprint density at radius 3 is 2.55 bits per heavy atom. The zero-order valence-electron chi connectivity index (χ0n) is 16.9. The number of hydrogen-bond acceptors (Lipinski definition) is 9. The number of hydrogen-bond donors (Lipinski definition) is 2. The summed E-state index contributed by atoms with van der Waals surface area (Å²) in [6.45, 7) is 3.02. The minimum absolute atomic E-state index is 0.479. The van der Waals surface area contributed by atoms with Crippen molar-refractivity contribution >= 4 is 34.1 Å². The van der Waals surface area contributed by atoms with Crippen molar-refractivity contribution in [2.24, 2.45) is 0 Å². The molecule has 2 aromatic heterocycles. The summed E-state index contributed by atoms with van der Waals surface area (Å²) in [5, 5.41) is 22.3. The van der Waals surface area contributed by atoms with E-state index in [9.17, 15) is 18.4 Å². The van der Waals surface area contributed by atoms with E-state index in [1.165, 1.54) is 11.3 Å². The molecule has 1 aliphatic heterocycles. The van der Waals surface area contributed by atoms with Crippen LogP contribution in [0.5, 0.6) is 0 Å². The molecule has 1 aromatic carbocycles. The summed E-state index contributed by atoms with van der Waals surface area (Å²) in [5.74, 6) is -2.28. The molecular weight excluding hydrogens is 461 g/mol. The third kappa shape index (κ3) is 6.86. The number of aromatic nitrogens is 3. The maximum atomic E-state index is 10.6. The number of ether oxygens (including phenoxy) is 1. The summed E-state index contributed by atoms with van der Waals surface area (Å²) in [5.41, 5.74) is 3.26. The Labute approximate surface area is 190 Å². The van der Waals surface area contributed by atoms with Gasteiger partial charge in [0.1, 0.15) is 0 Å². The zero-order chi connectivity index (χ0) is 23.8. The molecule has 3 heterocycles. The highest BCUT2D eigenvalue weighted by Gasteiger charge is 2.38. The average molecular weight is 478 g/mol. The lowest BCUT2D eigenvalue weighted by atomic mass is 10.1. The van der Waals surface area contributed by atoms with Gasteiger partial charge in [0, 0.05) is 42.1 Å². The molecule has 0 aliphatic carbocycles. The third-order valence-electron chi connectivity index (χ3n) is 4.27. The first-order valence-electron chi connectivity index (χ1n) is 9.44.